The van der Waals surface area contributed by atoms with Gasteiger partial charge >= 0.3 is 30.5 Å². The minimum Gasteiger partial charge on any atom is -0.445 e. The number of carbonyl (C=O) groups is 6. The molecule has 468 valence electrons. The van der Waals surface area contributed by atoms with E-state index in [9.17, 15) is 28.8 Å². The molecule has 10 rings (SSSR count). The largest absolute Gasteiger partial charge is 0.445 e. The van der Waals surface area contributed by atoms with E-state index in [0.717, 1.165) is 132 Å². The van der Waals surface area contributed by atoms with Gasteiger partial charge in [0.1, 0.15) is 37.3 Å². The van der Waals surface area contributed by atoms with Gasteiger partial charge in [-0.2, -0.15) is 0 Å². The number of piperidine rings is 4. The van der Waals surface area contributed by atoms with Crippen molar-refractivity contribution in [3.63, 3.8) is 0 Å². The van der Waals surface area contributed by atoms with E-state index in [1.165, 1.54) is 25.7 Å². The SMILES string of the molecule is CC(C)(C)OC(=O)N(CC1CCN(C(=O)OCc2ccccc2)CC1)C1CC1.CC(C)(C)OC(=O)N(CC1CCNCC1)C1CC1.O=C(OCc1ccccc1)N1CCC(CNC2CC2)CC1.O=CC1CCN(C(=O)OCc2ccccc2)CC1. The molecule has 0 unspecified atom stereocenters. The Morgan fingerprint density at radius 3 is 1.15 bits per heavy atom. The van der Waals surface area contributed by atoms with Gasteiger partial charge < -0.3 is 63.6 Å². The number of rotatable bonds is 16. The molecule has 0 bridgehead atoms. The normalized spacial score (nSPS) is 18.8. The molecule has 18 heteroatoms. The summed E-state index contributed by atoms with van der Waals surface area (Å²) < 4.78 is 27.1. The van der Waals surface area contributed by atoms with Gasteiger partial charge in [0.15, 0.2) is 0 Å². The van der Waals surface area contributed by atoms with Gasteiger partial charge in [0.05, 0.1) is 0 Å². The van der Waals surface area contributed by atoms with Crippen LogP contribution in [0.3, 0.4) is 0 Å². The highest BCUT2D eigenvalue weighted by molar-refractivity contribution is 5.70. The molecule has 85 heavy (non-hydrogen) atoms. The van der Waals surface area contributed by atoms with Crippen molar-refractivity contribution in [2.24, 2.45) is 23.7 Å². The summed E-state index contributed by atoms with van der Waals surface area (Å²) in [4.78, 5) is 80.6. The van der Waals surface area contributed by atoms with Crippen LogP contribution in [-0.4, -0.2) is 163 Å². The van der Waals surface area contributed by atoms with Crippen LogP contribution in [-0.2, 0) is 48.3 Å². The number of hydrogen-bond acceptors (Lipinski definition) is 13. The summed E-state index contributed by atoms with van der Waals surface area (Å²) in [5.41, 5.74) is 2.14. The van der Waals surface area contributed by atoms with Crippen molar-refractivity contribution in [3.05, 3.63) is 108 Å². The predicted octanol–water partition coefficient (Wildman–Crippen LogP) is 11.8. The zero-order valence-electron chi connectivity index (χ0n) is 51.8. The summed E-state index contributed by atoms with van der Waals surface area (Å²) in [5, 5.41) is 6.95. The summed E-state index contributed by atoms with van der Waals surface area (Å²) in [6.45, 7) is 21.5. The number of likely N-dealkylation sites (tertiary alicyclic amines) is 3. The summed E-state index contributed by atoms with van der Waals surface area (Å²) in [5.74, 6) is 1.85. The molecular weight excluding hydrogens is 1080 g/mol. The van der Waals surface area contributed by atoms with Gasteiger partial charge in [-0.15, -0.1) is 0 Å². The van der Waals surface area contributed by atoms with Crippen LogP contribution in [0.2, 0.25) is 0 Å². The number of nitrogens with one attached hydrogen (secondary N) is 2. The topological polar surface area (TPSA) is 189 Å². The Balaban J connectivity index is 0.000000165. The van der Waals surface area contributed by atoms with Crippen LogP contribution in [0.5, 0.6) is 0 Å². The fraction of sp³-hybridized carbons (Fsp3) is 0.642. The number of hydrogen-bond donors (Lipinski definition) is 2. The van der Waals surface area contributed by atoms with Gasteiger partial charge in [0, 0.05) is 76.4 Å². The van der Waals surface area contributed by atoms with Gasteiger partial charge in [-0.1, -0.05) is 91.0 Å². The Bertz CT molecular complexity index is 2470. The molecule has 7 fully saturated rings. The molecule has 7 aliphatic rings. The minimum atomic E-state index is -0.476. The quantitative estimate of drug-likeness (QED) is 0.102. The van der Waals surface area contributed by atoms with E-state index in [-0.39, 0.29) is 36.4 Å². The molecule has 3 saturated carbocycles. The Morgan fingerprint density at radius 1 is 0.482 bits per heavy atom. The highest BCUT2D eigenvalue weighted by atomic mass is 16.6. The molecule has 0 radical (unpaired) electrons. The van der Waals surface area contributed by atoms with Gasteiger partial charge in [-0.25, -0.2) is 24.0 Å². The third-order valence-electron chi connectivity index (χ3n) is 16.2. The van der Waals surface area contributed by atoms with Crippen molar-refractivity contribution in [1.29, 1.82) is 0 Å². The van der Waals surface area contributed by atoms with Crippen molar-refractivity contribution in [2.45, 2.75) is 181 Å². The molecular formula is C67H99N7O11. The first-order chi connectivity index (χ1) is 40.9. The standard InChI is InChI=1S/C22H32N2O4.C17H24N2O2.C14H26N2O2.C14H17NO3/c1-22(2,3)28-21(26)24(19-9-10-19)15-17-11-13-23(14-12-17)20(25)27-16-18-7-5-4-6-8-18;20-17(21-13-15-4-2-1-3-5-15)19-10-8-14(9-11-19)12-18-16-6-7-16;1-14(2,3)18-13(17)16(12-4-5-12)10-11-6-8-15-9-7-11;16-10-12-6-8-15(9-7-12)14(17)18-11-13-4-2-1-3-5-13/h4-8,17,19H,9-16H2,1-3H3;1-5,14,16,18H,6-13H2;11-12,15H,4-10H2,1-3H3;1-5,10,12H,6-9,11H2. The number of aldehydes is 1. The number of benzene rings is 3. The van der Waals surface area contributed by atoms with Crippen LogP contribution in [0, 0.1) is 23.7 Å². The van der Waals surface area contributed by atoms with Crippen LogP contribution in [0.15, 0.2) is 91.0 Å². The van der Waals surface area contributed by atoms with E-state index < -0.39 is 11.2 Å². The number of carbonyl (C=O) groups excluding carboxylic acids is 6. The molecule has 18 nitrogen and oxygen atoms in total. The van der Waals surface area contributed by atoms with Crippen molar-refractivity contribution < 1.29 is 52.5 Å². The van der Waals surface area contributed by atoms with Crippen molar-refractivity contribution in [3.8, 4) is 0 Å². The van der Waals surface area contributed by atoms with Crippen LogP contribution in [0.25, 0.3) is 0 Å². The number of amides is 5. The Kier molecular flexibility index (Phi) is 26.1. The van der Waals surface area contributed by atoms with Gasteiger partial charge in [0.2, 0.25) is 0 Å². The van der Waals surface area contributed by atoms with Gasteiger partial charge in [-0.05, 0) is 186 Å². The number of nitrogens with zero attached hydrogens (tertiary/aromatic N) is 5. The third-order valence-corrected chi connectivity index (χ3v) is 16.2. The Morgan fingerprint density at radius 2 is 0.824 bits per heavy atom. The fourth-order valence-corrected chi connectivity index (χ4v) is 10.7. The van der Waals surface area contributed by atoms with Crippen molar-refractivity contribution in [1.82, 2.24) is 35.1 Å². The van der Waals surface area contributed by atoms with Crippen LogP contribution in [0.1, 0.15) is 148 Å². The summed E-state index contributed by atoms with van der Waals surface area (Å²) in [7, 11) is 0. The molecule has 4 heterocycles. The fourth-order valence-electron chi connectivity index (χ4n) is 10.7. The average molecular weight is 1180 g/mol. The molecule has 4 aliphatic heterocycles. The van der Waals surface area contributed by atoms with Crippen LogP contribution >= 0.6 is 0 Å². The first kappa shape index (κ1) is 66.1. The summed E-state index contributed by atoms with van der Waals surface area (Å²) >= 11 is 0. The third kappa shape index (κ3) is 25.2. The smallest absolute Gasteiger partial charge is 0.410 e. The molecule has 4 saturated heterocycles. The Labute approximate surface area is 506 Å². The second-order valence-electron chi connectivity index (χ2n) is 26.0. The maximum Gasteiger partial charge on any atom is 0.410 e. The molecule has 5 amide bonds. The minimum absolute atomic E-state index is 0.100. The molecule has 2 N–H and O–H groups in total. The molecule has 3 aliphatic carbocycles. The van der Waals surface area contributed by atoms with E-state index in [4.69, 9.17) is 23.7 Å². The molecule has 3 aromatic rings. The zero-order valence-corrected chi connectivity index (χ0v) is 51.8. The first-order valence-electron chi connectivity index (χ1n) is 31.6. The van der Waals surface area contributed by atoms with E-state index >= 15 is 0 Å². The van der Waals surface area contributed by atoms with E-state index in [2.05, 4.69) is 10.6 Å². The monoisotopic (exact) mass is 1180 g/mol. The van der Waals surface area contributed by atoms with E-state index in [0.29, 0.717) is 82.4 Å². The lowest BCUT2D eigenvalue weighted by Gasteiger charge is -2.35. The van der Waals surface area contributed by atoms with Crippen LogP contribution in [0.4, 0.5) is 24.0 Å². The lowest BCUT2D eigenvalue weighted by Crippen LogP contribution is -2.45. The average Bonchev–Trinajstić information content (AvgIpc) is 4.51. The molecule has 0 aromatic heterocycles. The summed E-state index contributed by atoms with van der Waals surface area (Å²) in [6, 6.07) is 30.7. The summed E-state index contributed by atoms with van der Waals surface area (Å²) in [6.07, 6.45) is 14.8. The van der Waals surface area contributed by atoms with E-state index in [1.807, 2.05) is 147 Å². The maximum atomic E-state index is 12.5. The Hall–Kier alpha value is -6.40. The first-order valence-corrected chi connectivity index (χ1v) is 31.6. The van der Waals surface area contributed by atoms with Gasteiger partial charge in [0.25, 0.3) is 0 Å². The van der Waals surface area contributed by atoms with Crippen LogP contribution < -0.4 is 10.6 Å². The lowest BCUT2D eigenvalue weighted by atomic mass is 9.96. The molecule has 3 aromatic carbocycles. The zero-order chi connectivity index (χ0) is 60.6. The van der Waals surface area contributed by atoms with Crippen molar-refractivity contribution >= 4 is 36.8 Å². The maximum absolute atomic E-state index is 12.5. The second kappa shape index (κ2) is 33.5. The number of ether oxygens (including phenoxy) is 5. The lowest BCUT2D eigenvalue weighted by molar-refractivity contribution is -0.112. The predicted molar refractivity (Wildman–Crippen MR) is 327 cm³/mol. The van der Waals surface area contributed by atoms with E-state index in [1.54, 1.807) is 9.80 Å². The molecule has 0 atom stereocenters. The molecule has 0 spiro atoms. The van der Waals surface area contributed by atoms with Crippen molar-refractivity contribution in [2.75, 3.05) is 72.0 Å². The van der Waals surface area contributed by atoms with Gasteiger partial charge in [-0.3, -0.25) is 0 Å². The second-order valence-corrected chi connectivity index (χ2v) is 26.0. The highest BCUT2D eigenvalue weighted by Crippen LogP contribution is 2.33. The highest BCUT2D eigenvalue weighted by Gasteiger charge is 2.39.